The number of nitrogens with one attached hydrogen (secondary N) is 4. The van der Waals surface area contributed by atoms with Gasteiger partial charge < -0.3 is 21.3 Å². The van der Waals surface area contributed by atoms with Crippen molar-refractivity contribution in [3.63, 3.8) is 0 Å². The summed E-state index contributed by atoms with van der Waals surface area (Å²) in [5.74, 6) is 0.179. The molecule has 0 aromatic heterocycles. The van der Waals surface area contributed by atoms with Crippen LogP contribution in [-0.2, 0) is 4.79 Å². The lowest BCUT2D eigenvalue weighted by Gasteiger charge is -2.17. The molecule has 6 nitrogen and oxygen atoms in total. The Balaban J connectivity index is 1.51. The van der Waals surface area contributed by atoms with Gasteiger partial charge in [-0.3, -0.25) is 4.79 Å². The molecule has 1 saturated carbocycles. The molecule has 1 saturated heterocycles. The second-order valence-electron chi connectivity index (χ2n) is 6.41. The molecule has 6 heteroatoms. The second-order valence-corrected chi connectivity index (χ2v) is 6.41. The monoisotopic (exact) mass is 316 g/mol. The summed E-state index contributed by atoms with van der Waals surface area (Å²) in [5.41, 5.74) is 1.78. The predicted octanol–water partition coefficient (Wildman–Crippen LogP) is 1.76. The fourth-order valence-corrected chi connectivity index (χ4v) is 2.73. The first-order chi connectivity index (χ1) is 11.1. The normalized spacial score (nSPS) is 21.5. The first-order valence-corrected chi connectivity index (χ1v) is 8.30. The zero-order chi connectivity index (χ0) is 16.2. The van der Waals surface area contributed by atoms with Crippen molar-refractivity contribution in [1.82, 2.24) is 16.0 Å². The van der Waals surface area contributed by atoms with Crippen LogP contribution in [0.1, 0.15) is 37.8 Å². The Morgan fingerprint density at radius 1 is 1.17 bits per heavy atom. The summed E-state index contributed by atoms with van der Waals surface area (Å²) < 4.78 is 0. The molecule has 4 N–H and O–H groups in total. The van der Waals surface area contributed by atoms with E-state index in [1.807, 2.05) is 31.2 Å². The van der Waals surface area contributed by atoms with Gasteiger partial charge in [-0.05, 0) is 50.4 Å². The Morgan fingerprint density at radius 3 is 2.52 bits per heavy atom. The SMILES string of the molecule is CC(NC(=O)C1CCNC1)c1ccc(NC(=O)NC2CC2)cc1. The Bertz CT molecular complexity index is 562. The minimum atomic E-state index is -0.157. The molecule has 1 aliphatic carbocycles. The van der Waals surface area contributed by atoms with Gasteiger partial charge in [0.15, 0.2) is 0 Å². The van der Waals surface area contributed by atoms with Gasteiger partial charge in [-0.1, -0.05) is 12.1 Å². The van der Waals surface area contributed by atoms with Crippen molar-refractivity contribution in [2.75, 3.05) is 18.4 Å². The van der Waals surface area contributed by atoms with Gasteiger partial charge >= 0.3 is 6.03 Å². The van der Waals surface area contributed by atoms with Crippen molar-refractivity contribution < 1.29 is 9.59 Å². The van der Waals surface area contributed by atoms with Gasteiger partial charge in [-0.15, -0.1) is 0 Å². The van der Waals surface area contributed by atoms with E-state index in [4.69, 9.17) is 0 Å². The quantitative estimate of drug-likeness (QED) is 0.668. The Labute approximate surface area is 136 Å². The largest absolute Gasteiger partial charge is 0.349 e. The van der Waals surface area contributed by atoms with Gasteiger partial charge in [-0.2, -0.15) is 0 Å². The molecule has 2 atom stereocenters. The van der Waals surface area contributed by atoms with Crippen LogP contribution in [0.2, 0.25) is 0 Å². The summed E-state index contributed by atoms with van der Waals surface area (Å²) in [6.07, 6.45) is 3.04. The van der Waals surface area contributed by atoms with Crippen LogP contribution in [0.4, 0.5) is 10.5 Å². The van der Waals surface area contributed by atoms with E-state index in [2.05, 4.69) is 21.3 Å². The molecule has 2 fully saturated rings. The number of urea groups is 1. The molecule has 3 rings (SSSR count). The van der Waals surface area contributed by atoms with E-state index in [0.717, 1.165) is 43.6 Å². The molecule has 1 heterocycles. The van der Waals surface area contributed by atoms with Gasteiger partial charge in [-0.25, -0.2) is 4.79 Å². The molecule has 124 valence electrons. The number of carbonyl (C=O) groups excluding carboxylic acids is 2. The zero-order valence-electron chi connectivity index (χ0n) is 13.4. The molecular weight excluding hydrogens is 292 g/mol. The predicted molar refractivity (Wildman–Crippen MR) is 89.2 cm³/mol. The molecule has 0 bridgehead atoms. The molecule has 2 unspecified atom stereocenters. The van der Waals surface area contributed by atoms with Crippen molar-refractivity contribution in [2.45, 2.75) is 38.3 Å². The third-order valence-electron chi connectivity index (χ3n) is 4.37. The summed E-state index contributed by atoms with van der Waals surface area (Å²) in [6, 6.07) is 7.74. The summed E-state index contributed by atoms with van der Waals surface area (Å²) >= 11 is 0. The van der Waals surface area contributed by atoms with Crippen LogP contribution in [0.5, 0.6) is 0 Å². The number of hydrogen-bond donors (Lipinski definition) is 4. The van der Waals surface area contributed by atoms with Crippen LogP contribution in [0, 0.1) is 5.92 Å². The Kier molecular flexibility index (Phi) is 4.81. The summed E-state index contributed by atoms with van der Waals surface area (Å²) in [4.78, 5) is 23.8. The number of hydrogen-bond acceptors (Lipinski definition) is 3. The highest BCUT2D eigenvalue weighted by Crippen LogP contribution is 2.20. The third-order valence-corrected chi connectivity index (χ3v) is 4.37. The second kappa shape index (κ2) is 7.00. The number of anilines is 1. The van der Waals surface area contributed by atoms with E-state index >= 15 is 0 Å². The fourth-order valence-electron chi connectivity index (χ4n) is 2.73. The first-order valence-electron chi connectivity index (χ1n) is 8.30. The lowest BCUT2D eigenvalue weighted by molar-refractivity contribution is -0.125. The van der Waals surface area contributed by atoms with E-state index in [-0.39, 0.29) is 23.9 Å². The average Bonchev–Trinajstić information content (AvgIpc) is 3.17. The fraction of sp³-hybridized carbons (Fsp3) is 0.529. The van der Waals surface area contributed by atoms with Gasteiger partial charge in [0, 0.05) is 18.3 Å². The maximum absolute atomic E-state index is 12.1. The van der Waals surface area contributed by atoms with Crippen LogP contribution >= 0.6 is 0 Å². The lowest BCUT2D eigenvalue weighted by atomic mass is 10.0. The van der Waals surface area contributed by atoms with Crippen molar-refractivity contribution in [3.05, 3.63) is 29.8 Å². The van der Waals surface area contributed by atoms with Crippen LogP contribution in [-0.4, -0.2) is 31.1 Å². The average molecular weight is 316 g/mol. The van der Waals surface area contributed by atoms with Crippen molar-refractivity contribution in [1.29, 1.82) is 0 Å². The molecule has 2 aliphatic rings. The molecule has 3 amide bonds. The van der Waals surface area contributed by atoms with E-state index in [1.165, 1.54) is 0 Å². The molecule has 1 aromatic rings. The lowest BCUT2D eigenvalue weighted by Crippen LogP contribution is -2.33. The minimum Gasteiger partial charge on any atom is -0.349 e. The topological polar surface area (TPSA) is 82.3 Å². The summed E-state index contributed by atoms with van der Waals surface area (Å²) in [5, 5.41) is 12.0. The summed E-state index contributed by atoms with van der Waals surface area (Å²) in [7, 11) is 0. The molecule has 1 aromatic carbocycles. The number of benzene rings is 1. The van der Waals surface area contributed by atoms with Gasteiger partial charge in [0.2, 0.25) is 5.91 Å². The molecule has 0 spiro atoms. The van der Waals surface area contributed by atoms with Crippen LogP contribution in [0.3, 0.4) is 0 Å². The molecule has 0 radical (unpaired) electrons. The number of carbonyl (C=O) groups is 2. The van der Waals surface area contributed by atoms with Gasteiger partial charge in [0.25, 0.3) is 0 Å². The van der Waals surface area contributed by atoms with Crippen molar-refractivity contribution in [2.24, 2.45) is 5.92 Å². The van der Waals surface area contributed by atoms with Crippen LogP contribution in [0.25, 0.3) is 0 Å². The zero-order valence-corrected chi connectivity index (χ0v) is 13.4. The number of amides is 3. The first kappa shape index (κ1) is 15.8. The third kappa shape index (κ3) is 4.45. The molecule has 1 aliphatic heterocycles. The van der Waals surface area contributed by atoms with E-state index in [9.17, 15) is 9.59 Å². The van der Waals surface area contributed by atoms with Crippen LogP contribution < -0.4 is 21.3 Å². The maximum atomic E-state index is 12.1. The highest BCUT2D eigenvalue weighted by molar-refractivity contribution is 5.89. The summed E-state index contributed by atoms with van der Waals surface area (Å²) in [6.45, 7) is 3.65. The highest BCUT2D eigenvalue weighted by atomic mass is 16.2. The minimum absolute atomic E-state index is 0.0440. The Hall–Kier alpha value is -2.08. The molecule has 23 heavy (non-hydrogen) atoms. The van der Waals surface area contributed by atoms with Crippen molar-refractivity contribution >= 4 is 17.6 Å². The van der Waals surface area contributed by atoms with Crippen LogP contribution in [0.15, 0.2) is 24.3 Å². The standard InChI is InChI=1S/C17H24N4O2/c1-11(19-16(22)13-8-9-18-10-13)12-2-4-14(5-3-12)20-17(23)21-15-6-7-15/h2-5,11,13,15,18H,6-10H2,1H3,(H,19,22)(H2,20,21,23). The van der Waals surface area contributed by atoms with E-state index < -0.39 is 0 Å². The maximum Gasteiger partial charge on any atom is 0.319 e. The van der Waals surface area contributed by atoms with Crippen molar-refractivity contribution in [3.8, 4) is 0 Å². The smallest absolute Gasteiger partial charge is 0.319 e. The van der Waals surface area contributed by atoms with E-state index in [1.54, 1.807) is 0 Å². The van der Waals surface area contributed by atoms with Gasteiger partial charge in [0.1, 0.15) is 0 Å². The van der Waals surface area contributed by atoms with E-state index in [0.29, 0.717) is 6.04 Å². The number of rotatable bonds is 5. The van der Waals surface area contributed by atoms with Gasteiger partial charge in [0.05, 0.1) is 12.0 Å². The highest BCUT2D eigenvalue weighted by Gasteiger charge is 2.24. The molecular formula is C17H24N4O2. The Morgan fingerprint density at radius 2 is 1.91 bits per heavy atom.